The Balaban J connectivity index is 2.06. The summed E-state index contributed by atoms with van der Waals surface area (Å²) in [4.78, 5) is 17.8. The van der Waals surface area contributed by atoms with Gasteiger partial charge in [-0.1, -0.05) is 42.4 Å². The molecule has 0 fully saturated rings. The standard InChI is InChI=1S/C22H21Br2N3O2/c1-4-10-29-20-9-6-15(11-18(20)24)13-25-27-21(14(3)5-2)26-19-8-7-16(23)12-17(19)22(27)28/h4,6-9,11-14H,1,5,10H2,2-3H3/t14-/m0/s1. The quantitative estimate of drug-likeness (QED) is 0.290. The molecule has 0 N–H and O–H groups in total. The van der Waals surface area contributed by atoms with E-state index in [2.05, 4.69) is 50.5 Å². The number of ether oxygens (including phenoxy) is 1. The number of aromatic nitrogens is 2. The van der Waals surface area contributed by atoms with Gasteiger partial charge in [0.15, 0.2) is 0 Å². The molecule has 7 heteroatoms. The summed E-state index contributed by atoms with van der Waals surface area (Å²) in [5, 5.41) is 5.01. The maximum absolute atomic E-state index is 13.1. The van der Waals surface area contributed by atoms with Crippen molar-refractivity contribution in [1.29, 1.82) is 0 Å². The molecular formula is C22H21Br2N3O2. The Kier molecular flexibility index (Phi) is 7.03. The van der Waals surface area contributed by atoms with Gasteiger partial charge in [0.2, 0.25) is 0 Å². The highest BCUT2D eigenvalue weighted by atomic mass is 79.9. The van der Waals surface area contributed by atoms with E-state index >= 15 is 0 Å². The molecule has 1 aromatic heterocycles. The Morgan fingerprint density at radius 2 is 2.07 bits per heavy atom. The van der Waals surface area contributed by atoms with Crippen LogP contribution in [0.5, 0.6) is 5.75 Å². The van der Waals surface area contributed by atoms with E-state index in [4.69, 9.17) is 9.72 Å². The lowest BCUT2D eigenvalue weighted by atomic mass is 10.1. The average molecular weight is 519 g/mol. The maximum Gasteiger partial charge on any atom is 0.282 e. The van der Waals surface area contributed by atoms with Crippen molar-refractivity contribution in [2.45, 2.75) is 26.2 Å². The van der Waals surface area contributed by atoms with Gasteiger partial charge >= 0.3 is 0 Å². The van der Waals surface area contributed by atoms with Gasteiger partial charge in [-0.05, 0) is 64.3 Å². The molecule has 29 heavy (non-hydrogen) atoms. The van der Waals surface area contributed by atoms with Crippen molar-refractivity contribution < 1.29 is 4.74 Å². The van der Waals surface area contributed by atoms with Crippen LogP contribution in [0.4, 0.5) is 0 Å². The Labute approximate surface area is 186 Å². The van der Waals surface area contributed by atoms with Gasteiger partial charge in [-0.15, -0.1) is 0 Å². The minimum atomic E-state index is -0.187. The van der Waals surface area contributed by atoms with Gasteiger partial charge in [-0.3, -0.25) is 4.79 Å². The first kappa shape index (κ1) is 21.5. The molecule has 0 amide bonds. The largest absolute Gasteiger partial charge is 0.488 e. The van der Waals surface area contributed by atoms with E-state index in [9.17, 15) is 4.79 Å². The maximum atomic E-state index is 13.1. The Hall–Kier alpha value is -2.25. The molecule has 0 aliphatic rings. The number of hydrogen-bond acceptors (Lipinski definition) is 4. The molecule has 3 rings (SSSR count). The number of nitrogens with zero attached hydrogens (tertiary/aromatic N) is 3. The summed E-state index contributed by atoms with van der Waals surface area (Å²) in [6.45, 7) is 8.18. The van der Waals surface area contributed by atoms with Gasteiger partial charge in [-0.2, -0.15) is 9.78 Å². The van der Waals surface area contributed by atoms with Crippen molar-refractivity contribution in [1.82, 2.24) is 9.66 Å². The monoisotopic (exact) mass is 517 g/mol. The summed E-state index contributed by atoms with van der Waals surface area (Å²) >= 11 is 6.92. The second-order valence-corrected chi connectivity index (χ2v) is 8.36. The van der Waals surface area contributed by atoms with Gasteiger partial charge < -0.3 is 4.74 Å². The fourth-order valence-electron chi connectivity index (χ4n) is 2.77. The first-order chi connectivity index (χ1) is 13.9. The van der Waals surface area contributed by atoms with Crippen LogP contribution in [0.15, 0.2) is 67.9 Å². The van der Waals surface area contributed by atoms with Crippen LogP contribution in [0, 0.1) is 0 Å². The highest BCUT2D eigenvalue weighted by Crippen LogP contribution is 2.26. The summed E-state index contributed by atoms with van der Waals surface area (Å²) in [7, 11) is 0. The Morgan fingerprint density at radius 3 is 2.76 bits per heavy atom. The lowest BCUT2D eigenvalue weighted by Crippen LogP contribution is -2.23. The zero-order valence-corrected chi connectivity index (χ0v) is 19.4. The van der Waals surface area contributed by atoms with Crippen molar-refractivity contribution in [2.75, 3.05) is 6.61 Å². The minimum absolute atomic E-state index is 0.0920. The van der Waals surface area contributed by atoms with Crippen LogP contribution in [0.1, 0.15) is 37.6 Å². The molecule has 150 valence electrons. The highest BCUT2D eigenvalue weighted by molar-refractivity contribution is 9.10. The average Bonchev–Trinajstić information content (AvgIpc) is 2.72. The van der Waals surface area contributed by atoms with Crippen LogP contribution in [-0.2, 0) is 0 Å². The van der Waals surface area contributed by atoms with Gasteiger partial charge in [0.1, 0.15) is 18.2 Å². The summed E-state index contributed by atoms with van der Waals surface area (Å²) in [5.41, 5.74) is 1.32. The number of halogens is 2. The third kappa shape index (κ3) is 4.85. The van der Waals surface area contributed by atoms with Crippen LogP contribution in [0.25, 0.3) is 10.9 Å². The third-order valence-corrected chi connectivity index (χ3v) is 5.63. The number of benzene rings is 2. The van der Waals surface area contributed by atoms with Crippen molar-refractivity contribution in [3.63, 3.8) is 0 Å². The third-order valence-electron chi connectivity index (χ3n) is 4.52. The Morgan fingerprint density at radius 1 is 1.28 bits per heavy atom. The molecule has 0 spiro atoms. The van der Waals surface area contributed by atoms with Gasteiger partial charge in [0, 0.05) is 10.4 Å². The molecule has 1 heterocycles. The van der Waals surface area contributed by atoms with Gasteiger partial charge in [0.25, 0.3) is 5.56 Å². The van der Waals surface area contributed by atoms with E-state index in [1.807, 2.05) is 37.3 Å². The number of hydrogen-bond donors (Lipinski definition) is 0. The molecule has 0 radical (unpaired) electrons. The van der Waals surface area contributed by atoms with E-state index in [1.165, 1.54) is 4.68 Å². The van der Waals surface area contributed by atoms with Crippen LogP contribution in [-0.4, -0.2) is 22.5 Å². The molecule has 5 nitrogen and oxygen atoms in total. The van der Waals surface area contributed by atoms with E-state index in [1.54, 1.807) is 18.4 Å². The van der Waals surface area contributed by atoms with E-state index in [0.717, 1.165) is 26.7 Å². The van der Waals surface area contributed by atoms with Crippen LogP contribution in [0.2, 0.25) is 0 Å². The fraction of sp³-hybridized carbons (Fsp3) is 0.227. The van der Waals surface area contributed by atoms with Crippen molar-refractivity contribution in [3.05, 3.63) is 79.7 Å². The molecule has 1 atom stereocenters. The minimum Gasteiger partial charge on any atom is -0.488 e. The summed E-state index contributed by atoms with van der Waals surface area (Å²) in [5.74, 6) is 1.46. The van der Waals surface area contributed by atoms with Crippen molar-refractivity contribution >= 4 is 49.0 Å². The smallest absolute Gasteiger partial charge is 0.282 e. The summed E-state index contributed by atoms with van der Waals surface area (Å²) in [6, 6.07) is 11.1. The first-order valence-electron chi connectivity index (χ1n) is 9.24. The molecule has 0 unspecified atom stereocenters. The van der Waals surface area contributed by atoms with E-state index in [0.29, 0.717) is 23.3 Å². The lowest BCUT2D eigenvalue weighted by Gasteiger charge is -2.14. The molecule has 2 aromatic carbocycles. The second kappa shape index (κ2) is 9.50. The normalized spacial score (nSPS) is 12.4. The van der Waals surface area contributed by atoms with Crippen molar-refractivity contribution in [2.24, 2.45) is 5.10 Å². The first-order valence-corrected chi connectivity index (χ1v) is 10.8. The molecule has 0 aliphatic heterocycles. The predicted molar refractivity (Wildman–Crippen MR) is 125 cm³/mol. The predicted octanol–water partition coefficient (Wildman–Crippen LogP) is 5.88. The molecule has 0 aliphatic carbocycles. The molecule has 0 bridgehead atoms. The number of fused-ring (bicyclic) bond motifs is 1. The van der Waals surface area contributed by atoms with Crippen LogP contribution < -0.4 is 10.3 Å². The Bertz CT molecular complexity index is 1140. The SMILES string of the molecule is C=CCOc1ccc(C=Nn2c([C@@H](C)CC)nc3ccc(Br)cc3c2=O)cc1Br. The summed E-state index contributed by atoms with van der Waals surface area (Å²) in [6.07, 6.45) is 4.20. The molecular weight excluding hydrogens is 498 g/mol. The zero-order valence-electron chi connectivity index (χ0n) is 16.2. The lowest BCUT2D eigenvalue weighted by molar-refractivity contribution is 0.361. The zero-order chi connectivity index (χ0) is 21.0. The van der Waals surface area contributed by atoms with Crippen molar-refractivity contribution in [3.8, 4) is 5.75 Å². The molecule has 3 aromatic rings. The van der Waals surface area contributed by atoms with Crippen LogP contribution >= 0.6 is 31.9 Å². The summed E-state index contributed by atoms with van der Waals surface area (Å²) < 4.78 is 8.60. The second-order valence-electron chi connectivity index (χ2n) is 6.59. The topological polar surface area (TPSA) is 56.5 Å². The van der Waals surface area contributed by atoms with Crippen LogP contribution in [0.3, 0.4) is 0 Å². The van der Waals surface area contributed by atoms with Gasteiger partial charge in [-0.25, -0.2) is 4.98 Å². The highest BCUT2D eigenvalue weighted by Gasteiger charge is 2.15. The number of rotatable bonds is 7. The molecule has 0 saturated carbocycles. The fourth-order valence-corrected chi connectivity index (χ4v) is 3.64. The van der Waals surface area contributed by atoms with Gasteiger partial charge in [0.05, 0.1) is 21.6 Å². The van der Waals surface area contributed by atoms with E-state index in [-0.39, 0.29) is 11.5 Å². The molecule has 0 saturated heterocycles. The van der Waals surface area contributed by atoms with E-state index < -0.39 is 0 Å².